The van der Waals surface area contributed by atoms with Gasteiger partial charge in [-0.25, -0.2) is 0 Å². The first-order chi connectivity index (χ1) is 19.8. The molecule has 0 saturated carbocycles. The van der Waals surface area contributed by atoms with Crippen molar-refractivity contribution in [2.24, 2.45) is 0 Å². The molecular formula is C29H32F6N5O2-. The molecule has 0 amide bonds. The highest BCUT2D eigenvalue weighted by Gasteiger charge is 2.38. The fourth-order valence-electron chi connectivity index (χ4n) is 5.48. The minimum Gasteiger partial charge on any atom is -0.758 e. The van der Waals surface area contributed by atoms with Crippen LogP contribution in [-0.2, 0) is 23.5 Å². The summed E-state index contributed by atoms with van der Waals surface area (Å²) in [6.45, 7) is 5.23. The summed E-state index contributed by atoms with van der Waals surface area (Å²) in [5.74, 6) is 0.298. The average Bonchev–Trinajstić information content (AvgIpc) is 2.93. The number of hydrogen-bond acceptors (Lipinski definition) is 7. The molecule has 2 atom stereocenters. The summed E-state index contributed by atoms with van der Waals surface area (Å²) in [7, 11) is 2.02. The van der Waals surface area contributed by atoms with Crippen LogP contribution in [-0.4, -0.2) is 73.6 Å². The molecule has 42 heavy (non-hydrogen) atoms. The maximum atomic E-state index is 14.4. The molecule has 3 aliphatic rings. The summed E-state index contributed by atoms with van der Waals surface area (Å²) in [5.41, 5.74) is -1.07. The van der Waals surface area contributed by atoms with E-state index in [1.807, 2.05) is 26.1 Å². The van der Waals surface area contributed by atoms with Crippen molar-refractivity contribution in [1.29, 1.82) is 0 Å². The molecule has 3 aliphatic heterocycles. The molecule has 7 nitrogen and oxygen atoms in total. The Morgan fingerprint density at radius 1 is 0.952 bits per heavy atom. The quantitative estimate of drug-likeness (QED) is 0.494. The first-order valence-electron chi connectivity index (χ1n) is 13.6. The molecule has 3 heterocycles. The van der Waals surface area contributed by atoms with Gasteiger partial charge in [-0.3, -0.25) is 10.2 Å². The van der Waals surface area contributed by atoms with E-state index < -0.39 is 42.2 Å². The summed E-state index contributed by atoms with van der Waals surface area (Å²) in [4.78, 5) is 4.28. The van der Waals surface area contributed by atoms with E-state index in [0.29, 0.717) is 54.0 Å². The molecule has 2 aromatic carbocycles. The molecule has 5 rings (SSSR count). The van der Waals surface area contributed by atoms with Crippen molar-refractivity contribution in [3.8, 4) is 0 Å². The highest BCUT2D eigenvalue weighted by atomic mass is 19.4. The zero-order valence-electron chi connectivity index (χ0n) is 23.1. The van der Waals surface area contributed by atoms with Crippen molar-refractivity contribution in [2.75, 3.05) is 46.4 Å². The van der Waals surface area contributed by atoms with E-state index >= 15 is 0 Å². The van der Waals surface area contributed by atoms with Crippen molar-refractivity contribution < 1.29 is 31.1 Å². The first kappa shape index (κ1) is 30.2. The summed E-state index contributed by atoms with van der Waals surface area (Å²) in [6, 6.07) is 7.48. The van der Waals surface area contributed by atoms with Gasteiger partial charge >= 0.3 is 12.4 Å². The molecule has 0 radical (unpaired) electrons. The van der Waals surface area contributed by atoms with E-state index in [-0.39, 0.29) is 23.9 Å². The molecule has 2 N–H and O–H groups in total. The summed E-state index contributed by atoms with van der Waals surface area (Å²) in [6.07, 6.45) is -9.35. The molecule has 1 fully saturated rings. The van der Waals surface area contributed by atoms with Crippen molar-refractivity contribution in [2.45, 2.75) is 38.0 Å². The second-order valence-corrected chi connectivity index (χ2v) is 10.8. The van der Waals surface area contributed by atoms with Gasteiger partial charge in [-0.1, -0.05) is 24.3 Å². The predicted octanol–water partition coefficient (Wildman–Crippen LogP) is 4.75. The van der Waals surface area contributed by atoms with Crippen LogP contribution in [0.2, 0.25) is 0 Å². The van der Waals surface area contributed by atoms with E-state index in [2.05, 4.69) is 20.4 Å². The summed E-state index contributed by atoms with van der Waals surface area (Å²) >= 11 is 0. The normalized spacial score (nSPS) is 24.2. The largest absolute Gasteiger partial charge is 0.758 e. The minimum atomic E-state index is -5.00. The van der Waals surface area contributed by atoms with Crippen molar-refractivity contribution >= 4 is 5.70 Å². The number of benzene rings is 2. The highest BCUT2D eigenvalue weighted by Crippen LogP contribution is 2.38. The van der Waals surface area contributed by atoms with Gasteiger partial charge in [0.1, 0.15) is 0 Å². The van der Waals surface area contributed by atoms with Crippen molar-refractivity contribution in [3.05, 3.63) is 93.0 Å². The number of nitrogens with one attached hydrogen (secondary N) is 2. The fourth-order valence-corrected chi connectivity index (χ4v) is 5.48. The lowest BCUT2D eigenvalue weighted by molar-refractivity contribution is -0.143. The number of likely N-dealkylation sites (N-methyl/N-ethyl adjacent to an activating group) is 1. The molecule has 0 spiro atoms. The lowest BCUT2D eigenvalue weighted by Crippen LogP contribution is -2.52. The third-order valence-corrected chi connectivity index (χ3v) is 7.84. The third kappa shape index (κ3) is 6.54. The zero-order chi connectivity index (χ0) is 30.2. The monoisotopic (exact) mass is 596 g/mol. The van der Waals surface area contributed by atoms with E-state index in [4.69, 9.17) is 4.74 Å². The standard InChI is InChI=1S/C29H32F6N5O2/c1-18-5-3-4-6-22(18)25-15-26(39-9-7-38(2)8-10-39)42-27-23(16-36-17-37-27)24(40(25)41)13-19-11-20(28(30,31)32)14-21(12-19)29(33,34)35/h3-6,11-12,14-15,24,26,36-37H,7-10,13,16-17H2,1-2H3/q-1/b25-15-. The lowest BCUT2D eigenvalue weighted by Gasteiger charge is -2.47. The second kappa shape index (κ2) is 11.8. The Morgan fingerprint density at radius 2 is 1.60 bits per heavy atom. The van der Waals surface area contributed by atoms with Gasteiger partial charge in [0.25, 0.3) is 0 Å². The Balaban J connectivity index is 1.62. The predicted molar refractivity (Wildman–Crippen MR) is 145 cm³/mol. The molecule has 1 saturated heterocycles. The van der Waals surface area contributed by atoms with Gasteiger partial charge in [-0.05, 0) is 61.4 Å². The number of rotatable bonds is 4. The van der Waals surface area contributed by atoms with Crippen molar-refractivity contribution in [1.82, 2.24) is 25.5 Å². The molecule has 0 aromatic heterocycles. The van der Waals surface area contributed by atoms with Gasteiger partial charge in [0, 0.05) is 50.0 Å². The van der Waals surface area contributed by atoms with Crippen molar-refractivity contribution in [3.63, 3.8) is 0 Å². The molecule has 0 aliphatic carbocycles. The average molecular weight is 597 g/mol. The number of alkyl halides is 6. The summed E-state index contributed by atoms with van der Waals surface area (Å²) in [5, 5.41) is 21.3. The summed E-state index contributed by atoms with van der Waals surface area (Å²) < 4.78 is 88.3. The van der Waals surface area contributed by atoms with Crippen LogP contribution in [0.4, 0.5) is 26.3 Å². The van der Waals surface area contributed by atoms with Gasteiger partial charge < -0.3 is 25.2 Å². The van der Waals surface area contributed by atoms with Crippen LogP contribution in [0.5, 0.6) is 0 Å². The van der Waals surface area contributed by atoms with E-state index in [1.54, 1.807) is 18.2 Å². The molecular weight excluding hydrogens is 564 g/mol. The van der Waals surface area contributed by atoms with E-state index in [0.717, 1.165) is 18.7 Å². The number of hydrogen-bond donors (Lipinski definition) is 2. The van der Waals surface area contributed by atoms with Gasteiger partial charge in [0.05, 0.1) is 17.8 Å². The van der Waals surface area contributed by atoms with Gasteiger partial charge in [-0.2, -0.15) is 26.3 Å². The van der Waals surface area contributed by atoms with Crippen LogP contribution in [0.1, 0.15) is 27.8 Å². The van der Waals surface area contributed by atoms with Crippen LogP contribution >= 0.6 is 0 Å². The third-order valence-electron chi connectivity index (χ3n) is 7.84. The van der Waals surface area contributed by atoms with Gasteiger partial charge in [0.2, 0.25) is 0 Å². The van der Waals surface area contributed by atoms with Gasteiger partial charge in [-0.15, -0.1) is 0 Å². The maximum absolute atomic E-state index is 14.4. The van der Waals surface area contributed by atoms with E-state index in [9.17, 15) is 31.5 Å². The second-order valence-electron chi connectivity index (χ2n) is 10.8. The number of aryl methyl sites for hydroxylation is 1. The Labute approximate surface area is 240 Å². The molecule has 228 valence electrons. The topological polar surface area (TPSA) is 66.1 Å². The maximum Gasteiger partial charge on any atom is 0.416 e. The number of nitrogens with zero attached hydrogens (tertiary/aromatic N) is 3. The highest BCUT2D eigenvalue weighted by molar-refractivity contribution is 5.68. The van der Waals surface area contributed by atoms with E-state index in [1.165, 1.54) is 0 Å². The minimum absolute atomic E-state index is 0.0907. The Hall–Kier alpha value is -3.26. The fraction of sp³-hybridized carbons (Fsp3) is 0.448. The first-order valence-corrected chi connectivity index (χ1v) is 13.6. The van der Waals surface area contributed by atoms with Crippen LogP contribution in [0, 0.1) is 12.1 Å². The van der Waals surface area contributed by atoms with Crippen LogP contribution in [0.15, 0.2) is 60.0 Å². The van der Waals surface area contributed by atoms with Gasteiger partial charge in [0.15, 0.2) is 12.1 Å². The molecule has 0 bridgehead atoms. The Morgan fingerprint density at radius 3 is 2.21 bits per heavy atom. The number of piperazine rings is 1. The Kier molecular flexibility index (Phi) is 8.48. The molecule has 13 heteroatoms. The number of halogens is 6. The lowest BCUT2D eigenvalue weighted by atomic mass is 9.93. The van der Waals surface area contributed by atoms with Crippen LogP contribution in [0.3, 0.4) is 0 Å². The number of hydroxylamine groups is 2. The number of ether oxygens (including phenoxy) is 1. The Bertz CT molecular complexity index is 1320. The molecule has 2 unspecified atom stereocenters. The van der Waals surface area contributed by atoms with Crippen LogP contribution < -0.4 is 10.6 Å². The smallest absolute Gasteiger partial charge is 0.416 e. The zero-order valence-corrected chi connectivity index (χ0v) is 23.1. The molecule has 2 aromatic rings. The van der Waals surface area contributed by atoms with Crippen LogP contribution in [0.25, 0.3) is 5.70 Å². The SMILES string of the molecule is Cc1ccccc1/C1=C/C(N2CCN(C)CC2)OC2=C(CNCN2)C(Cc2cc(C(F)(F)F)cc(C(F)(F)F)c2)N1[O-].